The van der Waals surface area contributed by atoms with Crippen molar-refractivity contribution in [2.45, 2.75) is 24.6 Å². The average Bonchev–Trinajstić information content (AvgIpc) is 3.02. The molecule has 2 amide bonds. The molecule has 3 aliphatic heterocycles. The molecule has 0 saturated carbocycles. The van der Waals surface area contributed by atoms with Crippen LogP contribution >= 0.6 is 0 Å². The van der Waals surface area contributed by atoms with Gasteiger partial charge in [-0.2, -0.15) is 0 Å². The van der Waals surface area contributed by atoms with Crippen LogP contribution in [-0.2, 0) is 9.47 Å². The summed E-state index contributed by atoms with van der Waals surface area (Å²) in [6.07, 6.45) is -0.841. The molecule has 3 aliphatic rings. The molecule has 3 heterocycles. The van der Waals surface area contributed by atoms with Crippen molar-refractivity contribution in [2.75, 3.05) is 57.9 Å². The van der Waals surface area contributed by atoms with E-state index in [4.69, 9.17) is 14.2 Å². The number of rotatable bonds is 5. The second-order valence-electron chi connectivity index (χ2n) is 9.23. The number of carbonyl (C=O) groups is 2. The van der Waals surface area contributed by atoms with E-state index in [0.717, 1.165) is 50.6 Å². The maximum atomic E-state index is 13.4. The van der Waals surface area contributed by atoms with Crippen LogP contribution in [0.15, 0.2) is 42.5 Å². The van der Waals surface area contributed by atoms with Crippen molar-refractivity contribution in [3.8, 4) is 5.75 Å². The van der Waals surface area contributed by atoms with Crippen molar-refractivity contribution < 1.29 is 28.2 Å². The summed E-state index contributed by atoms with van der Waals surface area (Å²) in [6, 6.07) is 11.2. The quantitative estimate of drug-likeness (QED) is 0.654. The average molecular weight is 499 g/mol. The van der Waals surface area contributed by atoms with Crippen LogP contribution in [0, 0.1) is 5.82 Å². The standard InChI is InChI=1S/C26H31FN4O5/c1-28-26(33)36-23-8-13-35-22-7-6-19(30-9-11-31(12-10-30)20-15-34-16-20)14-21(22)24(23)29-25(32)17-2-4-18(27)5-3-17/h2-7,14,20,23-24H,8-13,15-16H2,1H3,(H,28,33)(H,29,32)/t23-,24-/m0/s1. The fourth-order valence-corrected chi connectivity index (χ4v) is 4.86. The number of fused-ring (bicyclic) bond motifs is 1. The highest BCUT2D eigenvalue weighted by Crippen LogP contribution is 2.36. The summed E-state index contributed by atoms with van der Waals surface area (Å²) in [5.74, 6) is -0.174. The van der Waals surface area contributed by atoms with Gasteiger partial charge in [0.25, 0.3) is 5.91 Å². The Morgan fingerprint density at radius 1 is 1.06 bits per heavy atom. The highest BCUT2D eigenvalue weighted by Gasteiger charge is 2.34. The predicted molar refractivity (Wildman–Crippen MR) is 131 cm³/mol. The molecule has 2 aromatic carbocycles. The molecule has 2 aromatic rings. The number of anilines is 1. The Morgan fingerprint density at radius 3 is 2.47 bits per heavy atom. The first kappa shape index (κ1) is 24.3. The summed E-state index contributed by atoms with van der Waals surface area (Å²) < 4.78 is 30.4. The van der Waals surface area contributed by atoms with Crippen LogP contribution in [0.3, 0.4) is 0 Å². The molecule has 5 rings (SSSR count). The van der Waals surface area contributed by atoms with E-state index in [9.17, 15) is 14.0 Å². The second kappa shape index (κ2) is 10.7. The maximum Gasteiger partial charge on any atom is 0.407 e. The van der Waals surface area contributed by atoms with Gasteiger partial charge in [0.2, 0.25) is 0 Å². The van der Waals surface area contributed by atoms with Gasteiger partial charge in [-0.3, -0.25) is 9.69 Å². The third kappa shape index (κ3) is 5.24. The predicted octanol–water partition coefficient (Wildman–Crippen LogP) is 2.32. The monoisotopic (exact) mass is 498 g/mol. The lowest BCUT2D eigenvalue weighted by Gasteiger charge is -2.43. The Bertz CT molecular complexity index is 1090. The van der Waals surface area contributed by atoms with Crippen molar-refractivity contribution in [3.05, 3.63) is 59.4 Å². The van der Waals surface area contributed by atoms with Gasteiger partial charge in [-0.15, -0.1) is 0 Å². The van der Waals surface area contributed by atoms with Crippen LogP contribution < -0.4 is 20.3 Å². The zero-order valence-corrected chi connectivity index (χ0v) is 20.2. The lowest BCUT2D eigenvalue weighted by molar-refractivity contribution is -0.0660. The van der Waals surface area contributed by atoms with Gasteiger partial charge in [0.1, 0.15) is 17.7 Å². The molecule has 0 spiro atoms. The topological polar surface area (TPSA) is 92.4 Å². The number of carbonyl (C=O) groups excluding carboxylic acids is 2. The molecular formula is C26H31FN4O5. The number of benzene rings is 2. The maximum absolute atomic E-state index is 13.4. The highest BCUT2D eigenvalue weighted by atomic mass is 19.1. The molecule has 2 atom stereocenters. The zero-order valence-electron chi connectivity index (χ0n) is 20.2. The molecule has 10 heteroatoms. The number of halogens is 1. The van der Waals surface area contributed by atoms with E-state index in [1.807, 2.05) is 18.2 Å². The van der Waals surface area contributed by atoms with Crippen molar-refractivity contribution in [1.82, 2.24) is 15.5 Å². The molecule has 36 heavy (non-hydrogen) atoms. The van der Waals surface area contributed by atoms with Gasteiger partial charge in [-0.25, -0.2) is 9.18 Å². The molecule has 0 bridgehead atoms. The Balaban J connectivity index is 1.41. The molecule has 0 aliphatic carbocycles. The van der Waals surface area contributed by atoms with Crippen molar-refractivity contribution >= 4 is 17.7 Å². The van der Waals surface area contributed by atoms with Gasteiger partial charge < -0.3 is 29.7 Å². The number of hydrogen-bond donors (Lipinski definition) is 2. The Morgan fingerprint density at radius 2 is 1.81 bits per heavy atom. The molecule has 0 radical (unpaired) electrons. The molecule has 0 aromatic heterocycles. The van der Waals surface area contributed by atoms with E-state index in [0.29, 0.717) is 30.4 Å². The number of alkyl carbamates (subject to hydrolysis) is 1. The number of nitrogens with one attached hydrogen (secondary N) is 2. The van der Waals surface area contributed by atoms with Crippen LogP contribution in [0.4, 0.5) is 14.9 Å². The van der Waals surface area contributed by atoms with E-state index in [2.05, 4.69) is 20.4 Å². The number of piperazine rings is 1. The van der Waals surface area contributed by atoms with E-state index >= 15 is 0 Å². The van der Waals surface area contributed by atoms with Gasteiger partial charge in [0, 0.05) is 56.5 Å². The summed E-state index contributed by atoms with van der Waals surface area (Å²) in [5, 5.41) is 5.49. The summed E-state index contributed by atoms with van der Waals surface area (Å²) in [7, 11) is 1.49. The molecule has 2 N–H and O–H groups in total. The summed E-state index contributed by atoms with van der Waals surface area (Å²) in [4.78, 5) is 30.0. The minimum Gasteiger partial charge on any atom is -0.493 e. The Hall–Kier alpha value is -3.37. The first-order valence-electron chi connectivity index (χ1n) is 12.3. The molecule has 192 valence electrons. The fourth-order valence-electron chi connectivity index (χ4n) is 4.86. The van der Waals surface area contributed by atoms with Crippen LogP contribution in [0.5, 0.6) is 5.75 Å². The van der Waals surface area contributed by atoms with Gasteiger partial charge in [-0.05, 0) is 42.5 Å². The lowest BCUT2D eigenvalue weighted by Crippen LogP contribution is -2.56. The lowest BCUT2D eigenvalue weighted by atomic mass is 9.97. The van der Waals surface area contributed by atoms with Gasteiger partial charge in [0.15, 0.2) is 0 Å². The largest absolute Gasteiger partial charge is 0.493 e. The van der Waals surface area contributed by atoms with Crippen molar-refractivity contribution in [1.29, 1.82) is 0 Å². The normalized spacial score (nSPS) is 22.4. The van der Waals surface area contributed by atoms with E-state index in [1.165, 1.54) is 31.3 Å². The SMILES string of the molecule is CNC(=O)O[C@H]1CCOc2ccc(N3CCN(C4COC4)CC3)cc2[C@@H]1NC(=O)c1ccc(F)cc1. The van der Waals surface area contributed by atoms with Crippen LogP contribution in [-0.4, -0.2) is 82.1 Å². The number of amides is 2. The first-order chi connectivity index (χ1) is 17.5. The number of hydrogen-bond acceptors (Lipinski definition) is 7. The minimum absolute atomic E-state index is 0.314. The summed E-state index contributed by atoms with van der Waals surface area (Å²) in [5.41, 5.74) is 2.07. The Labute approximate surface area is 209 Å². The van der Waals surface area contributed by atoms with E-state index in [-0.39, 0.29) is 5.91 Å². The van der Waals surface area contributed by atoms with Crippen LogP contribution in [0.1, 0.15) is 28.4 Å². The molecule has 9 nitrogen and oxygen atoms in total. The number of ether oxygens (including phenoxy) is 3. The van der Waals surface area contributed by atoms with Gasteiger partial charge in [0.05, 0.1) is 31.9 Å². The van der Waals surface area contributed by atoms with E-state index < -0.39 is 24.1 Å². The smallest absolute Gasteiger partial charge is 0.407 e. The fraction of sp³-hybridized carbons (Fsp3) is 0.462. The van der Waals surface area contributed by atoms with Gasteiger partial charge in [-0.1, -0.05) is 0 Å². The van der Waals surface area contributed by atoms with Crippen LogP contribution in [0.2, 0.25) is 0 Å². The van der Waals surface area contributed by atoms with Crippen molar-refractivity contribution in [2.24, 2.45) is 0 Å². The third-order valence-corrected chi connectivity index (χ3v) is 7.03. The molecule has 2 fully saturated rings. The Kier molecular flexibility index (Phi) is 7.24. The van der Waals surface area contributed by atoms with Crippen molar-refractivity contribution in [3.63, 3.8) is 0 Å². The molecule has 2 saturated heterocycles. The van der Waals surface area contributed by atoms with Crippen LogP contribution in [0.25, 0.3) is 0 Å². The third-order valence-electron chi connectivity index (χ3n) is 7.03. The summed E-state index contributed by atoms with van der Waals surface area (Å²) in [6.45, 7) is 5.60. The number of nitrogens with zero attached hydrogens (tertiary/aromatic N) is 2. The highest BCUT2D eigenvalue weighted by molar-refractivity contribution is 5.94. The zero-order chi connectivity index (χ0) is 25.1. The first-order valence-corrected chi connectivity index (χ1v) is 12.3. The van der Waals surface area contributed by atoms with E-state index in [1.54, 1.807) is 0 Å². The molecular weight excluding hydrogens is 467 g/mol. The minimum atomic E-state index is -0.652. The second-order valence-corrected chi connectivity index (χ2v) is 9.23. The van der Waals surface area contributed by atoms with Gasteiger partial charge >= 0.3 is 6.09 Å². The molecule has 0 unspecified atom stereocenters. The summed E-state index contributed by atoms with van der Waals surface area (Å²) >= 11 is 0.